The number of fused-ring (bicyclic) bond motifs is 3. The fourth-order valence-electron chi connectivity index (χ4n) is 8.11. The molecule has 0 aliphatic heterocycles. The third kappa shape index (κ3) is 6.12. The van der Waals surface area contributed by atoms with Crippen LogP contribution in [0.15, 0.2) is 224 Å². The van der Waals surface area contributed by atoms with E-state index in [0.717, 1.165) is 17.1 Å². The van der Waals surface area contributed by atoms with Gasteiger partial charge in [-0.1, -0.05) is 188 Å². The summed E-state index contributed by atoms with van der Waals surface area (Å²) in [6.07, 6.45) is 0. The molecule has 0 heterocycles. The first kappa shape index (κ1) is 32.4. The van der Waals surface area contributed by atoms with Crippen molar-refractivity contribution in [1.82, 2.24) is 0 Å². The van der Waals surface area contributed by atoms with Crippen molar-refractivity contribution in [2.75, 3.05) is 4.90 Å². The molecule has 0 N–H and O–H groups in total. The van der Waals surface area contributed by atoms with E-state index in [9.17, 15) is 0 Å². The number of nitrogens with zero attached hydrogens (tertiary/aromatic N) is 1. The van der Waals surface area contributed by atoms with E-state index >= 15 is 0 Å². The summed E-state index contributed by atoms with van der Waals surface area (Å²) in [5.41, 5.74) is 12.8. The van der Waals surface area contributed by atoms with Crippen LogP contribution in [-0.4, -0.2) is 0 Å². The van der Waals surface area contributed by atoms with Gasteiger partial charge in [0.25, 0.3) is 0 Å². The molecule has 0 fully saturated rings. The molecule has 0 amide bonds. The summed E-state index contributed by atoms with van der Waals surface area (Å²) in [4.78, 5) is 2.44. The third-order valence-corrected chi connectivity index (χ3v) is 10.8. The van der Waals surface area contributed by atoms with Gasteiger partial charge in [-0.25, -0.2) is 0 Å². The Labute approximate surface area is 322 Å². The highest BCUT2D eigenvalue weighted by Gasteiger charge is 2.20. The minimum atomic E-state index is 1.09. The van der Waals surface area contributed by atoms with Crippen LogP contribution in [0.25, 0.3) is 76.8 Å². The van der Waals surface area contributed by atoms with Crippen LogP contribution in [0.5, 0.6) is 0 Å². The maximum Gasteiger partial charge on any atom is 0.0546 e. The van der Waals surface area contributed by atoms with Crippen LogP contribution in [0.4, 0.5) is 17.1 Å². The molecule has 1 heteroatoms. The molecule has 0 atom stereocenters. The molecule has 258 valence electrons. The Morgan fingerprint density at radius 2 is 0.745 bits per heavy atom. The fraction of sp³-hybridized carbons (Fsp3) is 0. The minimum Gasteiger partial charge on any atom is -0.310 e. The molecule has 55 heavy (non-hydrogen) atoms. The summed E-state index contributed by atoms with van der Waals surface area (Å²) in [7, 11) is 0. The van der Waals surface area contributed by atoms with E-state index in [-0.39, 0.29) is 0 Å². The number of anilines is 3. The first-order valence-electron chi connectivity index (χ1n) is 18.9. The van der Waals surface area contributed by atoms with Crippen molar-refractivity contribution in [1.29, 1.82) is 0 Å². The van der Waals surface area contributed by atoms with E-state index in [1.807, 2.05) is 0 Å². The summed E-state index contributed by atoms with van der Waals surface area (Å²) in [6.45, 7) is 0. The van der Waals surface area contributed by atoms with Crippen LogP contribution in [-0.2, 0) is 0 Å². The standard InChI is InChI=1S/C54H37N/c1-2-14-41(15-3-1)53-34-31-46(52-26-12-20-40-17-7-9-24-50(40)52)37-54(53)55(47-32-29-42(30-33-47)51-25-11-19-39-16-6-8-23-49(39)51)48-22-10-21-44(36-48)45-28-27-38-13-4-5-18-43(38)35-45/h1-37H. The third-order valence-electron chi connectivity index (χ3n) is 10.8. The fourth-order valence-corrected chi connectivity index (χ4v) is 8.11. The van der Waals surface area contributed by atoms with Gasteiger partial charge in [0, 0.05) is 16.9 Å². The van der Waals surface area contributed by atoms with Gasteiger partial charge in [-0.05, 0) is 108 Å². The molecule has 0 bridgehead atoms. The second-order valence-electron chi connectivity index (χ2n) is 14.1. The largest absolute Gasteiger partial charge is 0.310 e. The second-order valence-corrected chi connectivity index (χ2v) is 14.1. The van der Waals surface area contributed by atoms with Crippen LogP contribution < -0.4 is 4.90 Å². The Hall–Kier alpha value is -7.22. The average molecular weight is 700 g/mol. The van der Waals surface area contributed by atoms with Crippen molar-refractivity contribution in [3.63, 3.8) is 0 Å². The topological polar surface area (TPSA) is 3.24 Å². The molecule has 0 radical (unpaired) electrons. The van der Waals surface area contributed by atoms with Gasteiger partial charge in [0.2, 0.25) is 0 Å². The Bertz CT molecular complexity index is 2970. The van der Waals surface area contributed by atoms with Gasteiger partial charge in [0.1, 0.15) is 0 Å². The quantitative estimate of drug-likeness (QED) is 0.160. The molecule has 0 spiro atoms. The van der Waals surface area contributed by atoms with Crippen LogP contribution >= 0.6 is 0 Å². The smallest absolute Gasteiger partial charge is 0.0546 e. The Morgan fingerprint density at radius 1 is 0.236 bits per heavy atom. The Balaban J connectivity index is 1.19. The highest BCUT2D eigenvalue weighted by Crippen LogP contribution is 2.45. The van der Waals surface area contributed by atoms with E-state index in [1.54, 1.807) is 0 Å². The zero-order valence-corrected chi connectivity index (χ0v) is 30.3. The molecule has 0 unspecified atom stereocenters. The molecular weight excluding hydrogens is 663 g/mol. The summed E-state index contributed by atoms with van der Waals surface area (Å²) in [5, 5.41) is 7.46. The summed E-state index contributed by atoms with van der Waals surface area (Å²) >= 11 is 0. The zero-order valence-electron chi connectivity index (χ0n) is 30.3. The van der Waals surface area contributed by atoms with Gasteiger partial charge >= 0.3 is 0 Å². The van der Waals surface area contributed by atoms with Crippen LogP contribution in [0.2, 0.25) is 0 Å². The molecule has 10 aromatic rings. The molecule has 0 aliphatic carbocycles. The predicted molar refractivity (Wildman–Crippen MR) is 235 cm³/mol. The number of rotatable bonds is 7. The van der Waals surface area contributed by atoms with E-state index in [0.29, 0.717) is 0 Å². The lowest BCUT2D eigenvalue weighted by Crippen LogP contribution is -2.11. The first-order chi connectivity index (χ1) is 27.3. The van der Waals surface area contributed by atoms with Crippen molar-refractivity contribution in [3.05, 3.63) is 224 Å². The van der Waals surface area contributed by atoms with Crippen LogP contribution in [0.1, 0.15) is 0 Å². The predicted octanol–water partition coefficient (Wildman–Crippen LogP) is 15.3. The number of hydrogen-bond acceptors (Lipinski definition) is 1. The van der Waals surface area contributed by atoms with Crippen LogP contribution in [0, 0.1) is 0 Å². The highest BCUT2D eigenvalue weighted by molar-refractivity contribution is 6.00. The minimum absolute atomic E-state index is 1.09. The van der Waals surface area contributed by atoms with Crippen LogP contribution in [0.3, 0.4) is 0 Å². The molecule has 0 saturated carbocycles. The van der Waals surface area contributed by atoms with Gasteiger partial charge in [-0.15, -0.1) is 0 Å². The highest BCUT2D eigenvalue weighted by atomic mass is 15.1. The SMILES string of the molecule is c1ccc(-c2ccc(-c3cccc4ccccc34)cc2N(c2ccc(-c3cccc4ccccc34)cc2)c2cccc(-c3ccc4ccccc4c3)c2)cc1. The summed E-state index contributed by atoms with van der Waals surface area (Å²) < 4.78 is 0. The van der Waals surface area contributed by atoms with Crippen molar-refractivity contribution in [3.8, 4) is 44.5 Å². The normalized spacial score (nSPS) is 11.3. The lowest BCUT2D eigenvalue weighted by molar-refractivity contribution is 1.28. The zero-order chi connectivity index (χ0) is 36.6. The van der Waals surface area contributed by atoms with Crippen molar-refractivity contribution < 1.29 is 0 Å². The van der Waals surface area contributed by atoms with Crippen molar-refractivity contribution in [2.45, 2.75) is 0 Å². The maximum absolute atomic E-state index is 2.44. The summed E-state index contributed by atoms with van der Waals surface area (Å²) in [5.74, 6) is 0. The lowest BCUT2D eigenvalue weighted by Gasteiger charge is -2.29. The number of hydrogen-bond donors (Lipinski definition) is 0. The van der Waals surface area contributed by atoms with Gasteiger partial charge in [-0.3, -0.25) is 0 Å². The average Bonchev–Trinajstić information content (AvgIpc) is 3.26. The van der Waals surface area contributed by atoms with Crippen molar-refractivity contribution in [2.24, 2.45) is 0 Å². The molecule has 0 aromatic heterocycles. The van der Waals surface area contributed by atoms with E-state index < -0.39 is 0 Å². The van der Waals surface area contributed by atoms with E-state index in [4.69, 9.17) is 0 Å². The first-order valence-corrected chi connectivity index (χ1v) is 18.9. The lowest BCUT2D eigenvalue weighted by atomic mass is 9.93. The molecule has 10 aromatic carbocycles. The second kappa shape index (κ2) is 14.0. The van der Waals surface area contributed by atoms with Gasteiger partial charge < -0.3 is 4.90 Å². The maximum atomic E-state index is 2.44. The van der Waals surface area contributed by atoms with Gasteiger partial charge in [0.05, 0.1) is 5.69 Å². The molecular formula is C54H37N. The molecule has 0 aliphatic rings. The van der Waals surface area contributed by atoms with Crippen molar-refractivity contribution >= 4 is 49.4 Å². The summed E-state index contributed by atoms with van der Waals surface area (Å²) in [6, 6.07) is 81.6. The van der Waals surface area contributed by atoms with E-state index in [1.165, 1.54) is 76.8 Å². The monoisotopic (exact) mass is 699 g/mol. The van der Waals surface area contributed by atoms with Gasteiger partial charge in [-0.2, -0.15) is 0 Å². The Morgan fingerprint density at radius 3 is 1.47 bits per heavy atom. The Kier molecular flexibility index (Phi) is 8.24. The molecule has 1 nitrogen and oxygen atoms in total. The van der Waals surface area contributed by atoms with Gasteiger partial charge in [0.15, 0.2) is 0 Å². The molecule has 10 rings (SSSR count). The van der Waals surface area contributed by atoms with E-state index in [2.05, 4.69) is 229 Å². The molecule has 0 saturated heterocycles. The number of benzene rings is 10.